The Labute approximate surface area is 360 Å². The first-order valence-corrected chi connectivity index (χ1v) is 22.3. The minimum Gasteiger partial charge on any atom is -0.272 e. The number of allylic oxidation sites excluding steroid dienone is 3. The summed E-state index contributed by atoms with van der Waals surface area (Å²) in [5.41, 5.74) is 23.3. The smallest absolute Gasteiger partial charge is 0.242 e. The van der Waals surface area contributed by atoms with Crippen molar-refractivity contribution in [3.8, 4) is 22.3 Å². The highest BCUT2D eigenvalue weighted by Gasteiger charge is 2.58. The van der Waals surface area contributed by atoms with Crippen molar-refractivity contribution in [3.05, 3.63) is 190 Å². The second kappa shape index (κ2) is 15.9. The summed E-state index contributed by atoms with van der Waals surface area (Å²) in [6, 6.07) is 47.3. The summed E-state index contributed by atoms with van der Waals surface area (Å²) in [4.78, 5) is 4.07. The number of nitrogens with zero attached hydrogens (tertiary/aromatic N) is 1. The van der Waals surface area contributed by atoms with E-state index in [0.717, 1.165) is 17.4 Å². The van der Waals surface area contributed by atoms with Crippen LogP contribution in [0.25, 0.3) is 27.8 Å². The first-order chi connectivity index (χ1) is 29.0. The molecule has 2 unspecified atom stereocenters. The molecule has 10 rings (SSSR count). The van der Waals surface area contributed by atoms with E-state index in [1.165, 1.54) is 122 Å². The van der Waals surface area contributed by atoms with E-state index >= 15 is 0 Å². The normalized spacial score (nSPS) is 22.1. The van der Waals surface area contributed by atoms with Crippen molar-refractivity contribution in [2.24, 2.45) is 16.8 Å². The van der Waals surface area contributed by atoms with Crippen LogP contribution < -0.4 is 16.4 Å². The first-order valence-electron chi connectivity index (χ1n) is 22.3. The Bertz CT molecular complexity index is 2540. The fraction of sp³-hybridized carbons (Fsp3) is 0.293. The molecule has 300 valence electrons. The van der Waals surface area contributed by atoms with Gasteiger partial charge in [-0.2, -0.15) is 0 Å². The Morgan fingerprint density at radius 2 is 1.05 bits per heavy atom. The van der Waals surface area contributed by atoms with Gasteiger partial charge >= 0.3 is 0 Å². The molecule has 0 N–H and O–H groups in total. The fourth-order valence-electron chi connectivity index (χ4n) is 13.0. The lowest BCUT2D eigenvalue weighted by Gasteiger charge is -2.63. The maximum Gasteiger partial charge on any atom is 0.242 e. The van der Waals surface area contributed by atoms with Gasteiger partial charge in [0.05, 0.1) is 0 Å². The molecule has 4 bridgehead atoms. The fourth-order valence-corrected chi connectivity index (χ4v) is 13.0. The summed E-state index contributed by atoms with van der Waals surface area (Å²) < 4.78 is 0. The van der Waals surface area contributed by atoms with Crippen molar-refractivity contribution in [2.45, 2.75) is 97.8 Å². The molecule has 60 heavy (non-hydrogen) atoms. The Kier molecular flexibility index (Phi) is 10.6. The molecule has 0 aromatic heterocycles. The molecule has 4 aliphatic rings. The van der Waals surface area contributed by atoms with Gasteiger partial charge in [-0.15, -0.1) is 0 Å². The van der Waals surface area contributed by atoms with Crippen molar-refractivity contribution in [3.63, 3.8) is 0 Å². The average Bonchev–Trinajstić information content (AvgIpc) is 3.22. The van der Waals surface area contributed by atoms with E-state index in [4.69, 9.17) is 0 Å². The molecule has 6 aromatic rings. The van der Waals surface area contributed by atoms with Gasteiger partial charge in [0.25, 0.3) is 0 Å². The van der Waals surface area contributed by atoms with Crippen molar-refractivity contribution in [2.75, 3.05) is 0 Å². The highest BCUT2D eigenvalue weighted by atomic mass is 14.6. The number of hydrogen-bond donors (Lipinski definition) is 0. The standard InChI is InChI=1S/C58H60BN/c1-9-12-51(36-60-8)47-19-23-53(24-20-47)58-34-44-29-45(35-58)33-57(32-44,37-58)52-21-17-46(18-22-52)48-13-10-14-49(30-48)50-15-11-16-54(31-50)59(55-40(4)25-38(2)26-41(55)5)56-42(6)27-39(3)28-43(56)7/h9-28,30-31,36,44-45H,8,29,32-35,37H2,1-7H3/b12-9-,51-36+. The number of aliphatic imine (C=N–C) groups is 1. The van der Waals surface area contributed by atoms with Crippen LogP contribution in [0.5, 0.6) is 0 Å². The van der Waals surface area contributed by atoms with Crippen LogP contribution in [0.1, 0.15) is 95.5 Å². The van der Waals surface area contributed by atoms with E-state index in [1.807, 2.05) is 6.20 Å². The molecule has 0 heterocycles. The monoisotopic (exact) mass is 781 g/mol. The average molecular weight is 782 g/mol. The molecule has 0 radical (unpaired) electrons. The Hall–Kier alpha value is -5.47. The van der Waals surface area contributed by atoms with Gasteiger partial charge in [-0.1, -0.05) is 177 Å². The predicted molar refractivity (Wildman–Crippen MR) is 260 cm³/mol. The number of benzene rings is 6. The van der Waals surface area contributed by atoms with Gasteiger partial charge < -0.3 is 0 Å². The van der Waals surface area contributed by atoms with E-state index in [0.29, 0.717) is 0 Å². The summed E-state index contributed by atoms with van der Waals surface area (Å²) in [6.45, 7) is 19.5. The van der Waals surface area contributed by atoms with Crippen LogP contribution in [-0.2, 0) is 10.8 Å². The summed E-state index contributed by atoms with van der Waals surface area (Å²) in [5, 5.41) is 0. The SMILES string of the molecule is C=N/C=C(\C=C/C)c1ccc(C23CC4CC(C2)CC(c2ccc(-c5cccc(-c6cccc(B(c7c(C)cc(C)cc7C)c7c(C)cc(C)cc7C)c6)c5)cc2)(C4)C3)cc1. The van der Waals surface area contributed by atoms with Gasteiger partial charge in [0.2, 0.25) is 6.71 Å². The van der Waals surface area contributed by atoms with Gasteiger partial charge in [-0.05, 0) is 167 Å². The van der Waals surface area contributed by atoms with Crippen molar-refractivity contribution in [1.29, 1.82) is 0 Å². The van der Waals surface area contributed by atoms with Crippen LogP contribution in [0, 0.1) is 53.4 Å². The molecule has 0 spiro atoms. The van der Waals surface area contributed by atoms with Crippen molar-refractivity contribution in [1.82, 2.24) is 0 Å². The second-order valence-electron chi connectivity index (χ2n) is 19.2. The lowest BCUT2D eigenvalue weighted by atomic mass is 9.34. The molecular formula is C58H60BN. The van der Waals surface area contributed by atoms with Crippen LogP contribution >= 0.6 is 0 Å². The van der Waals surface area contributed by atoms with Gasteiger partial charge in [0.1, 0.15) is 0 Å². The molecular weight excluding hydrogens is 721 g/mol. The number of aryl methyl sites for hydroxylation is 6. The van der Waals surface area contributed by atoms with Crippen molar-refractivity contribution >= 4 is 35.4 Å². The Morgan fingerprint density at radius 1 is 0.583 bits per heavy atom. The molecule has 2 atom stereocenters. The predicted octanol–water partition coefficient (Wildman–Crippen LogP) is 12.8. The molecule has 4 fully saturated rings. The third-order valence-corrected chi connectivity index (χ3v) is 14.8. The molecule has 1 nitrogen and oxygen atoms in total. The summed E-state index contributed by atoms with van der Waals surface area (Å²) >= 11 is 0. The van der Waals surface area contributed by atoms with Crippen LogP contribution in [0.4, 0.5) is 0 Å². The maximum atomic E-state index is 4.07. The zero-order valence-electron chi connectivity index (χ0n) is 36.9. The highest BCUT2D eigenvalue weighted by Crippen LogP contribution is 2.66. The van der Waals surface area contributed by atoms with E-state index < -0.39 is 0 Å². The van der Waals surface area contributed by atoms with E-state index in [1.54, 1.807) is 5.56 Å². The number of rotatable bonds is 10. The largest absolute Gasteiger partial charge is 0.272 e. The minimum absolute atomic E-state index is 0.151. The van der Waals surface area contributed by atoms with Crippen LogP contribution in [0.2, 0.25) is 0 Å². The van der Waals surface area contributed by atoms with Gasteiger partial charge in [-0.3, -0.25) is 4.99 Å². The lowest BCUT2D eigenvalue weighted by Crippen LogP contribution is -2.55. The summed E-state index contributed by atoms with van der Waals surface area (Å²) in [6.07, 6.45) is 14.1. The van der Waals surface area contributed by atoms with E-state index in [2.05, 4.69) is 194 Å². The van der Waals surface area contributed by atoms with Gasteiger partial charge in [0.15, 0.2) is 0 Å². The van der Waals surface area contributed by atoms with Crippen LogP contribution in [-0.4, -0.2) is 13.4 Å². The number of hydrogen-bond acceptors (Lipinski definition) is 1. The highest BCUT2D eigenvalue weighted by molar-refractivity contribution is 6.96. The molecule has 0 aliphatic heterocycles. The third kappa shape index (κ3) is 7.27. The molecule has 4 saturated carbocycles. The van der Waals surface area contributed by atoms with E-state index in [9.17, 15) is 0 Å². The molecule has 0 saturated heterocycles. The van der Waals surface area contributed by atoms with Gasteiger partial charge in [0, 0.05) is 6.20 Å². The van der Waals surface area contributed by atoms with Crippen molar-refractivity contribution < 1.29 is 0 Å². The summed E-state index contributed by atoms with van der Waals surface area (Å²) in [5.74, 6) is 1.61. The lowest BCUT2D eigenvalue weighted by molar-refractivity contribution is -0.0281. The van der Waals surface area contributed by atoms with E-state index in [-0.39, 0.29) is 17.5 Å². The topological polar surface area (TPSA) is 12.4 Å². The summed E-state index contributed by atoms with van der Waals surface area (Å²) in [7, 11) is 0. The molecule has 0 amide bonds. The van der Waals surface area contributed by atoms with Crippen LogP contribution in [0.15, 0.2) is 145 Å². The van der Waals surface area contributed by atoms with Gasteiger partial charge in [-0.25, -0.2) is 0 Å². The van der Waals surface area contributed by atoms with Crippen LogP contribution in [0.3, 0.4) is 0 Å². The zero-order chi connectivity index (χ0) is 41.8. The second-order valence-corrected chi connectivity index (χ2v) is 19.2. The minimum atomic E-state index is 0.151. The first kappa shape index (κ1) is 40.0. The molecule has 4 aliphatic carbocycles. The molecule has 6 aromatic carbocycles. The third-order valence-electron chi connectivity index (χ3n) is 14.8. The quantitative estimate of drug-likeness (QED) is 0.0746. The Morgan fingerprint density at radius 3 is 1.55 bits per heavy atom. The molecule has 2 heteroatoms. The maximum absolute atomic E-state index is 4.07. The zero-order valence-corrected chi connectivity index (χ0v) is 36.9. The Balaban J connectivity index is 1.02.